The Morgan fingerprint density at radius 2 is 1.95 bits per heavy atom. The summed E-state index contributed by atoms with van der Waals surface area (Å²) in [4.78, 5) is 11.4. The molecule has 1 aliphatic carbocycles. The Kier molecular flexibility index (Phi) is 4.41. The molecule has 1 aromatic rings. The van der Waals surface area contributed by atoms with Gasteiger partial charge in [-0.1, -0.05) is 60.3 Å². The van der Waals surface area contributed by atoms with Crippen molar-refractivity contribution in [3.05, 3.63) is 42.0 Å². The number of rotatable bonds is 4. The topological polar surface area (TPSA) is 17.1 Å². The lowest BCUT2D eigenvalue weighted by atomic mass is 9.88. The second-order valence-electron chi connectivity index (χ2n) is 6.37. The predicted molar refractivity (Wildman–Crippen MR) is 84.5 cm³/mol. The minimum Gasteiger partial charge on any atom is -0.300 e. The van der Waals surface area contributed by atoms with Crippen LogP contribution in [0.4, 0.5) is 0 Å². The minimum atomic E-state index is -1.37. The fourth-order valence-electron chi connectivity index (χ4n) is 2.98. The maximum absolute atomic E-state index is 11.4. The van der Waals surface area contributed by atoms with Gasteiger partial charge < -0.3 is 0 Å². The van der Waals surface area contributed by atoms with Gasteiger partial charge in [0.15, 0.2) is 0 Å². The van der Waals surface area contributed by atoms with E-state index in [-0.39, 0.29) is 5.92 Å². The van der Waals surface area contributed by atoms with Crippen LogP contribution in [0.25, 0.3) is 0 Å². The zero-order valence-corrected chi connectivity index (χ0v) is 13.3. The molecule has 1 aromatic carbocycles. The number of ketones is 1. The molecule has 1 aliphatic rings. The van der Waals surface area contributed by atoms with Crippen molar-refractivity contribution in [2.45, 2.75) is 45.3 Å². The maximum atomic E-state index is 11.4. The third-order valence-electron chi connectivity index (χ3n) is 4.30. The highest BCUT2D eigenvalue weighted by Crippen LogP contribution is 2.29. The number of allylic oxidation sites excluding steroid dienone is 2. The third kappa shape index (κ3) is 3.66. The van der Waals surface area contributed by atoms with Crippen molar-refractivity contribution < 1.29 is 4.79 Å². The fourth-order valence-corrected chi connectivity index (χ4v) is 5.73. The second kappa shape index (κ2) is 5.87. The van der Waals surface area contributed by atoms with Gasteiger partial charge in [-0.05, 0) is 32.2 Å². The van der Waals surface area contributed by atoms with E-state index in [2.05, 4.69) is 49.5 Å². The molecule has 1 atom stereocenters. The average molecular weight is 272 g/mol. The van der Waals surface area contributed by atoms with E-state index in [1.54, 1.807) is 12.5 Å². The van der Waals surface area contributed by atoms with Crippen LogP contribution >= 0.6 is 0 Å². The molecule has 0 radical (unpaired) electrons. The molecule has 102 valence electrons. The first-order chi connectivity index (χ1) is 8.99. The zero-order valence-electron chi connectivity index (χ0n) is 12.3. The molecule has 0 bridgehead atoms. The summed E-state index contributed by atoms with van der Waals surface area (Å²) >= 11 is 0. The van der Waals surface area contributed by atoms with E-state index in [1.165, 1.54) is 11.2 Å². The molecule has 1 nitrogen and oxygen atoms in total. The number of benzene rings is 1. The first-order valence-corrected chi connectivity index (χ1v) is 10.4. The summed E-state index contributed by atoms with van der Waals surface area (Å²) in [6.07, 6.45) is 5.48. The van der Waals surface area contributed by atoms with Crippen LogP contribution in [0, 0.1) is 5.92 Å². The van der Waals surface area contributed by atoms with Gasteiger partial charge in [0.05, 0.1) is 8.07 Å². The standard InChI is InChI=1S/C17H24OSi/c1-14(18)16-11-9-15(10-12-16)13-19(2,3)17-7-5-4-6-8-17/h4-9,16H,10-13H2,1-3H3/t16-/m0/s1. The SMILES string of the molecule is CC(=O)[C@H]1CC=C(C[Si](C)(C)c2ccccc2)CC1. The van der Waals surface area contributed by atoms with Gasteiger partial charge in [0.1, 0.15) is 5.78 Å². The van der Waals surface area contributed by atoms with Crippen molar-refractivity contribution in [3.63, 3.8) is 0 Å². The Bertz CT molecular complexity index is 473. The van der Waals surface area contributed by atoms with Crippen molar-refractivity contribution in [3.8, 4) is 0 Å². The largest absolute Gasteiger partial charge is 0.300 e. The molecule has 0 unspecified atom stereocenters. The van der Waals surface area contributed by atoms with Crippen LogP contribution in [0.5, 0.6) is 0 Å². The highest BCUT2D eigenvalue weighted by atomic mass is 28.3. The smallest absolute Gasteiger partial charge is 0.133 e. The molecule has 0 amide bonds. The van der Waals surface area contributed by atoms with Gasteiger partial charge >= 0.3 is 0 Å². The number of carbonyl (C=O) groups excluding carboxylic acids is 1. The Hall–Kier alpha value is -1.15. The normalized spacial score (nSPS) is 19.9. The van der Waals surface area contributed by atoms with Crippen LogP contribution in [0.1, 0.15) is 26.2 Å². The van der Waals surface area contributed by atoms with Crippen LogP contribution in [-0.2, 0) is 4.79 Å². The van der Waals surface area contributed by atoms with Crippen molar-refractivity contribution in [1.29, 1.82) is 0 Å². The molecule has 19 heavy (non-hydrogen) atoms. The lowest BCUT2D eigenvalue weighted by Gasteiger charge is -2.27. The summed E-state index contributed by atoms with van der Waals surface area (Å²) in [6.45, 7) is 6.62. The lowest BCUT2D eigenvalue weighted by molar-refractivity contribution is -0.120. The molecule has 0 aromatic heterocycles. The summed E-state index contributed by atoms with van der Waals surface area (Å²) in [5.41, 5.74) is 1.58. The van der Waals surface area contributed by atoms with Crippen molar-refractivity contribution in [2.75, 3.05) is 0 Å². The van der Waals surface area contributed by atoms with Crippen molar-refractivity contribution in [2.24, 2.45) is 5.92 Å². The van der Waals surface area contributed by atoms with Gasteiger partial charge in [-0.3, -0.25) is 4.79 Å². The number of carbonyl (C=O) groups is 1. The third-order valence-corrected chi connectivity index (χ3v) is 7.54. The highest BCUT2D eigenvalue weighted by molar-refractivity contribution is 6.90. The van der Waals surface area contributed by atoms with Gasteiger partial charge in [0.2, 0.25) is 0 Å². The van der Waals surface area contributed by atoms with E-state index in [1.807, 2.05) is 0 Å². The summed E-state index contributed by atoms with van der Waals surface area (Å²) in [5, 5.41) is 1.53. The Morgan fingerprint density at radius 1 is 1.26 bits per heavy atom. The Morgan fingerprint density at radius 3 is 2.47 bits per heavy atom. The summed E-state index contributed by atoms with van der Waals surface area (Å²) in [6, 6.07) is 12.2. The fraction of sp³-hybridized carbons (Fsp3) is 0.471. The minimum absolute atomic E-state index is 0.283. The maximum Gasteiger partial charge on any atom is 0.133 e. The second-order valence-corrected chi connectivity index (χ2v) is 11.1. The molecule has 2 heteroatoms. The Labute approximate surface area is 117 Å². The molecule has 2 rings (SSSR count). The van der Waals surface area contributed by atoms with E-state index in [0.717, 1.165) is 19.3 Å². The van der Waals surface area contributed by atoms with Gasteiger partial charge in [-0.25, -0.2) is 0 Å². The van der Waals surface area contributed by atoms with Crippen molar-refractivity contribution in [1.82, 2.24) is 0 Å². The van der Waals surface area contributed by atoms with Gasteiger partial charge in [0, 0.05) is 5.92 Å². The first-order valence-electron chi connectivity index (χ1n) is 7.23. The Balaban J connectivity index is 2.04. The average Bonchev–Trinajstić information content (AvgIpc) is 2.40. The summed E-state index contributed by atoms with van der Waals surface area (Å²) in [5.74, 6) is 0.639. The lowest BCUT2D eigenvalue weighted by Crippen LogP contribution is -2.41. The van der Waals surface area contributed by atoms with E-state index in [0.29, 0.717) is 5.78 Å². The molecule has 0 heterocycles. The summed E-state index contributed by atoms with van der Waals surface area (Å²) in [7, 11) is -1.37. The number of hydrogen-bond donors (Lipinski definition) is 0. The molecule has 0 N–H and O–H groups in total. The van der Waals surface area contributed by atoms with Crippen LogP contribution in [0.2, 0.25) is 19.1 Å². The molecule has 0 spiro atoms. The molecule has 0 saturated heterocycles. The van der Waals surface area contributed by atoms with E-state index in [4.69, 9.17) is 0 Å². The van der Waals surface area contributed by atoms with E-state index >= 15 is 0 Å². The molecular weight excluding hydrogens is 248 g/mol. The number of Topliss-reactive ketones (excluding diaryl/α,β-unsaturated/α-hetero) is 1. The zero-order chi connectivity index (χ0) is 13.9. The molecular formula is C17H24OSi. The van der Waals surface area contributed by atoms with Gasteiger partial charge in [-0.2, -0.15) is 0 Å². The quantitative estimate of drug-likeness (QED) is 0.600. The van der Waals surface area contributed by atoms with Crippen LogP contribution in [0.15, 0.2) is 42.0 Å². The number of hydrogen-bond acceptors (Lipinski definition) is 1. The first kappa shape index (κ1) is 14.3. The van der Waals surface area contributed by atoms with E-state index in [9.17, 15) is 4.79 Å². The molecule has 0 saturated carbocycles. The van der Waals surface area contributed by atoms with Crippen LogP contribution < -0.4 is 5.19 Å². The van der Waals surface area contributed by atoms with Gasteiger partial charge in [0.25, 0.3) is 0 Å². The van der Waals surface area contributed by atoms with Crippen LogP contribution in [0.3, 0.4) is 0 Å². The van der Waals surface area contributed by atoms with E-state index < -0.39 is 8.07 Å². The predicted octanol–water partition coefficient (Wildman–Crippen LogP) is 3.92. The molecule has 0 aliphatic heterocycles. The van der Waals surface area contributed by atoms with Gasteiger partial charge in [-0.15, -0.1) is 0 Å². The monoisotopic (exact) mass is 272 g/mol. The molecule has 0 fully saturated rings. The highest BCUT2D eigenvalue weighted by Gasteiger charge is 2.26. The van der Waals surface area contributed by atoms with Crippen LogP contribution in [-0.4, -0.2) is 13.9 Å². The summed E-state index contributed by atoms with van der Waals surface area (Å²) < 4.78 is 0. The van der Waals surface area contributed by atoms with Crippen molar-refractivity contribution >= 4 is 19.0 Å².